The van der Waals surface area contributed by atoms with Crippen molar-refractivity contribution in [1.29, 1.82) is 5.26 Å². The van der Waals surface area contributed by atoms with E-state index < -0.39 is 11.7 Å². The van der Waals surface area contributed by atoms with Gasteiger partial charge in [-0.25, -0.2) is 0 Å². The van der Waals surface area contributed by atoms with Crippen molar-refractivity contribution < 1.29 is 9.59 Å². The SMILES string of the molecule is N#CCC#Cc1ccc2c(c1)NC(=O)C2=O. The van der Waals surface area contributed by atoms with Crippen molar-refractivity contribution in [2.75, 3.05) is 5.32 Å². The minimum absolute atomic E-state index is 0.155. The van der Waals surface area contributed by atoms with E-state index in [0.717, 1.165) is 0 Å². The summed E-state index contributed by atoms with van der Waals surface area (Å²) in [7, 11) is 0. The van der Waals surface area contributed by atoms with E-state index in [1.165, 1.54) is 0 Å². The predicted octanol–water partition coefficient (Wildman–Crippen LogP) is 1.09. The maximum atomic E-state index is 11.3. The van der Waals surface area contributed by atoms with E-state index in [9.17, 15) is 9.59 Å². The van der Waals surface area contributed by atoms with Gasteiger partial charge in [-0.1, -0.05) is 11.8 Å². The number of amides is 1. The van der Waals surface area contributed by atoms with Gasteiger partial charge < -0.3 is 5.32 Å². The van der Waals surface area contributed by atoms with E-state index in [-0.39, 0.29) is 6.42 Å². The van der Waals surface area contributed by atoms with Crippen molar-refractivity contribution in [1.82, 2.24) is 0 Å². The van der Waals surface area contributed by atoms with Crippen LogP contribution in [-0.4, -0.2) is 11.7 Å². The molecule has 1 aliphatic heterocycles. The standard InChI is InChI=1S/C12H6N2O2/c13-6-2-1-3-8-4-5-9-10(7-8)14-12(16)11(9)15/h4-5,7H,2H2,(H,14,15,16). The number of carbonyl (C=O) groups excluding carboxylic acids is 2. The number of benzene rings is 1. The molecule has 16 heavy (non-hydrogen) atoms. The molecule has 1 N–H and O–H groups in total. The fraction of sp³-hybridized carbons (Fsp3) is 0.0833. The third-order valence-corrected chi connectivity index (χ3v) is 2.12. The normalized spacial score (nSPS) is 12.2. The lowest BCUT2D eigenvalue weighted by Crippen LogP contribution is -2.12. The summed E-state index contributed by atoms with van der Waals surface area (Å²) in [5.41, 5.74) is 1.53. The first-order valence-electron chi connectivity index (χ1n) is 4.58. The summed E-state index contributed by atoms with van der Waals surface area (Å²) >= 11 is 0. The zero-order valence-corrected chi connectivity index (χ0v) is 8.20. The number of hydrogen-bond acceptors (Lipinski definition) is 3. The molecule has 0 aliphatic carbocycles. The third-order valence-electron chi connectivity index (χ3n) is 2.12. The molecule has 76 valence electrons. The summed E-state index contributed by atoms with van der Waals surface area (Å²) in [6, 6.07) is 6.75. The molecule has 1 aromatic rings. The highest BCUT2D eigenvalue weighted by Crippen LogP contribution is 2.23. The summed E-state index contributed by atoms with van der Waals surface area (Å²) < 4.78 is 0. The fourth-order valence-electron chi connectivity index (χ4n) is 1.41. The molecular weight excluding hydrogens is 204 g/mol. The zero-order valence-electron chi connectivity index (χ0n) is 8.20. The van der Waals surface area contributed by atoms with Gasteiger partial charge >= 0.3 is 0 Å². The third kappa shape index (κ3) is 1.65. The van der Waals surface area contributed by atoms with Crippen molar-refractivity contribution in [3.8, 4) is 17.9 Å². The highest BCUT2D eigenvalue weighted by atomic mass is 16.2. The van der Waals surface area contributed by atoms with Crippen LogP contribution >= 0.6 is 0 Å². The molecular formula is C12H6N2O2. The average molecular weight is 210 g/mol. The lowest BCUT2D eigenvalue weighted by Gasteiger charge is -1.96. The summed E-state index contributed by atoms with van der Waals surface area (Å²) in [6.07, 6.45) is 0.155. The number of nitriles is 1. The van der Waals surface area contributed by atoms with Gasteiger partial charge in [-0.3, -0.25) is 9.59 Å². The number of Topliss-reactive ketones (excluding diaryl/α,β-unsaturated/α-hetero) is 1. The monoisotopic (exact) mass is 210 g/mol. The van der Waals surface area contributed by atoms with Gasteiger partial charge in [0.05, 0.1) is 23.7 Å². The Morgan fingerprint density at radius 3 is 2.88 bits per heavy atom. The second-order valence-corrected chi connectivity index (χ2v) is 3.18. The van der Waals surface area contributed by atoms with Gasteiger partial charge in [0, 0.05) is 5.56 Å². The van der Waals surface area contributed by atoms with E-state index in [1.54, 1.807) is 18.2 Å². The number of carbonyl (C=O) groups is 2. The van der Waals surface area contributed by atoms with Gasteiger partial charge in [0.15, 0.2) is 0 Å². The van der Waals surface area contributed by atoms with Crippen LogP contribution < -0.4 is 5.32 Å². The predicted molar refractivity (Wildman–Crippen MR) is 56.5 cm³/mol. The van der Waals surface area contributed by atoms with Crippen LogP contribution in [-0.2, 0) is 4.79 Å². The average Bonchev–Trinajstić information content (AvgIpc) is 2.55. The Morgan fingerprint density at radius 2 is 2.12 bits per heavy atom. The van der Waals surface area contributed by atoms with Crippen LogP contribution in [0.1, 0.15) is 22.3 Å². The second-order valence-electron chi connectivity index (χ2n) is 3.18. The maximum Gasteiger partial charge on any atom is 0.296 e. The second kappa shape index (κ2) is 3.88. The highest BCUT2D eigenvalue weighted by Gasteiger charge is 2.27. The molecule has 1 aliphatic rings. The number of hydrogen-bond donors (Lipinski definition) is 1. The Balaban J connectivity index is 2.34. The summed E-state index contributed by atoms with van der Waals surface area (Å²) in [5.74, 6) is 4.29. The lowest BCUT2D eigenvalue weighted by atomic mass is 10.1. The van der Waals surface area contributed by atoms with E-state index in [4.69, 9.17) is 5.26 Å². The molecule has 1 aromatic carbocycles. The van der Waals surface area contributed by atoms with Crippen molar-refractivity contribution >= 4 is 17.4 Å². The molecule has 0 atom stereocenters. The first-order valence-corrected chi connectivity index (χ1v) is 4.58. The summed E-state index contributed by atoms with van der Waals surface area (Å²) in [4.78, 5) is 22.3. The van der Waals surface area contributed by atoms with Crippen LogP contribution in [0.2, 0.25) is 0 Å². The van der Waals surface area contributed by atoms with Crippen LogP contribution in [0.5, 0.6) is 0 Å². The Hall–Kier alpha value is -2.59. The van der Waals surface area contributed by atoms with Gasteiger partial charge in [0.1, 0.15) is 0 Å². The Bertz CT molecular complexity index is 585. The van der Waals surface area contributed by atoms with Gasteiger partial charge in [0.25, 0.3) is 11.7 Å². The Kier molecular flexibility index (Phi) is 2.41. The minimum atomic E-state index is -0.614. The topological polar surface area (TPSA) is 70.0 Å². The maximum absolute atomic E-state index is 11.3. The molecule has 2 rings (SSSR count). The van der Waals surface area contributed by atoms with E-state index in [2.05, 4.69) is 17.2 Å². The molecule has 0 fully saturated rings. The number of nitrogens with one attached hydrogen (secondary N) is 1. The molecule has 4 heteroatoms. The molecule has 0 aromatic heterocycles. The number of fused-ring (bicyclic) bond motifs is 1. The fourth-order valence-corrected chi connectivity index (χ4v) is 1.41. The van der Waals surface area contributed by atoms with Gasteiger partial charge in [-0.05, 0) is 18.2 Å². The van der Waals surface area contributed by atoms with E-state index >= 15 is 0 Å². The molecule has 4 nitrogen and oxygen atoms in total. The molecule has 0 saturated heterocycles. The number of anilines is 1. The largest absolute Gasteiger partial charge is 0.318 e. The molecule has 0 unspecified atom stereocenters. The van der Waals surface area contributed by atoms with Gasteiger partial charge in [0.2, 0.25) is 0 Å². The number of nitrogens with zero attached hydrogens (tertiary/aromatic N) is 1. The first-order chi connectivity index (χ1) is 7.72. The summed E-state index contributed by atoms with van der Waals surface area (Å²) in [5, 5.41) is 10.8. The van der Waals surface area contributed by atoms with Crippen LogP contribution in [0, 0.1) is 23.2 Å². The molecule has 0 radical (unpaired) electrons. The Morgan fingerprint density at radius 1 is 1.31 bits per heavy atom. The van der Waals surface area contributed by atoms with Crippen LogP contribution in [0.25, 0.3) is 0 Å². The van der Waals surface area contributed by atoms with Crippen molar-refractivity contribution in [3.63, 3.8) is 0 Å². The zero-order chi connectivity index (χ0) is 11.5. The van der Waals surface area contributed by atoms with Crippen molar-refractivity contribution in [3.05, 3.63) is 29.3 Å². The molecule has 0 bridgehead atoms. The molecule has 0 spiro atoms. The quantitative estimate of drug-likeness (QED) is 0.514. The van der Waals surface area contributed by atoms with Crippen LogP contribution in [0.15, 0.2) is 18.2 Å². The minimum Gasteiger partial charge on any atom is -0.318 e. The molecule has 1 heterocycles. The number of rotatable bonds is 0. The molecule has 1 amide bonds. The van der Waals surface area contributed by atoms with Crippen molar-refractivity contribution in [2.24, 2.45) is 0 Å². The highest BCUT2D eigenvalue weighted by molar-refractivity contribution is 6.51. The van der Waals surface area contributed by atoms with Crippen LogP contribution in [0.4, 0.5) is 5.69 Å². The van der Waals surface area contributed by atoms with Crippen LogP contribution in [0.3, 0.4) is 0 Å². The van der Waals surface area contributed by atoms with Crippen molar-refractivity contribution in [2.45, 2.75) is 6.42 Å². The first kappa shape index (κ1) is 9.95. The van der Waals surface area contributed by atoms with E-state index in [0.29, 0.717) is 16.8 Å². The summed E-state index contributed by atoms with van der Waals surface area (Å²) in [6.45, 7) is 0. The molecule has 0 saturated carbocycles. The Labute approximate surface area is 91.9 Å². The van der Waals surface area contributed by atoms with Gasteiger partial charge in [-0.2, -0.15) is 5.26 Å². The number of ketones is 1. The smallest absolute Gasteiger partial charge is 0.296 e. The lowest BCUT2D eigenvalue weighted by molar-refractivity contribution is -0.112. The van der Waals surface area contributed by atoms with E-state index in [1.807, 2.05) is 6.07 Å². The van der Waals surface area contributed by atoms with Gasteiger partial charge in [-0.15, -0.1) is 0 Å².